The Bertz CT molecular complexity index is 678. The molecule has 1 aromatic heterocycles. The van der Waals surface area contributed by atoms with E-state index < -0.39 is 5.97 Å². The Balaban J connectivity index is 1.94. The fourth-order valence-electron chi connectivity index (χ4n) is 2.30. The first kappa shape index (κ1) is 14.8. The number of ether oxygens (including phenoxy) is 2. The minimum Gasteiger partial charge on any atom is -0.492 e. The topological polar surface area (TPSA) is 81.8 Å². The van der Waals surface area contributed by atoms with E-state index in [1.165, 1.54) is 6.07 Å². The molecule has 1 aromatic carbocycles. The van der Waals surface area contributed by atoms with Crippen LogP contribution in [0.1, 0.15) is 16.9 Å². The molecule has 1 aliphatic heterocycles. The van der Waals surface area contributed by atoms with Crippen molar-refractivity contribution in [3.8, 4) is 22.8 Å². The first-order valence-electron chi connectivity index (χ1n) is 6.81. The number of para-hydroxylation sites is 1. The highest BCUT2D eigenvalue weighted by atomic mass is 32.2. The van der Waals surface area contributed by atoms with Crippen LogP contribution in [0.3, 0.4) is 0 Å². The van der Waals surface area contributed by atoms with Crippen LogP contribution in [0.15, 0.2) is 28.8 Å². The Morgan fingerprint density at radius 1 is 1.50 bits per heavy atom. The predicted octanol–water partition coefficient (Wildman–Crippen LogP) is 2.93. The van der Waals surface area contributed by atoms with Crippen molar-refractivity contribution in [3.63, 3.8) is 0 Å². The number of thioether (sulfide) groups is 1. The molecule has 0 radical (unpaired) electrons. The van der Waals surface area contributed by atoms with Crippen LogP contribution in [0.2, 0.25) is 0 Å². The lowest BCUT2D eigenvalue weighted by Crippen LogP contribution is -2.15. The largest absolute Gasteiger partial charge is 0.492 e. The smallest absolute Gasteiger partial charge is 0.358 e. The minimum absolute atomic E-state index is 0.143. The molecule has 116 valence electrons. The summed E-state index contributed by atoms with van der Waals surface area (Å²) in [5, 5.41) is 12.5. The van der Waals surface area contributed by atoms with E-state index in [4.69, 9.17) is 19.1 Å². The number of hydrogen-bond acceptors (Lipinski definition) is 6. The van der Waals surface area contributed by atoms with Gasteiger partial charge in [-0.15, -0.1) is 0 Å². The zero-order valence-electron chi connectivity index (χ0n) is 11.9. The number of methoxy groups -OCH3 is 1. The molecule has 6 nitrogen and oxygen atoms in total. The highest BCUT2D eigenvalue weighted by Gasteiger charge is 2.22. The van der Waals surface area contributed by atoms with Gasteiger partial charge >= 0.3 is 5.97 Å². The molecular weight excluding hydrogens is 306 g/mol. The predicted molar refractivity (Wildman–Crippen MR) is 81.8 cm³/mol. The molecule has 0 bridgehead atoms. The number of aromatic nitrogens is 1. The van der Waals surface area contributed by atoms with Gasteiger partial charge < -0.3 is 19.1 Å². The van der Waals surface area contributed by atoms with Crippen molar-refractivity contribution in [3.05, 3.63) is 30.0 Å². The van der Waals surface area contributed by atoms with Gasteiger partial charge in [-0.05, 0) is 24.3 Å². The Morgan fingerprint density at radius 2 is 2.36 bits per heavy atom. The van der Waals surface area contributed by atoms with Gasteiger partial charge in [0.25, 0.3) is 0 Å². The van der Waals surface area contributed by atoms with Gasteiger partial charge in [0.15, 0.2) is 23.0 Å². The zero-order chi connectivity index (χ0) is 15.5. The Kier molecular flexibility index (Phi) is 4.24. The zero-order valence-corrected chi connectivity index (χ0v) is 12.8. The Morgan fingerprint density at radius 3 is 3.00 bits per heavy atom. The monoisotopic (exact) mass is 321 g/mol. The average molecular weight is 321 g/mol. The number of rotatable bonds is 5. The summed E-state index contributed by atoms with van der Waals surface area (Å²) in [5.41, 5.74) is 0.473. The number of aromatic carboxylic acids is 1. The highest BCUT2D eigenvalue weighted by molar-refractivity contribution is 7.99. The summed E-state index contributed by atoms with van der Waals surface area (Å²) >= 11 is 1.86. The number of benzene rings is 1. The molecule has 3 rings (SSSR count). The lowest BCUT2D eigenvalue weighted by atomic mass is 10.1. The van der Waals surface area contributed by atoms with Crippen LogP contribution >= 0.6 is 11.8 Å². The maximum absolute atomic E-state index is 10.9. The van der Waals surface area contributed by atoms with E-state index in [1.54, 1.807) is 13.2 Å². The standard InChI is InChI=1S/C15H15NO5S/c1-19-14-10(13-7-11(15(17)18)16-21-13)3-2-4-12(14)20-9-5-6-22-8-9/h2-4,7,9H,5-6,8H2,1H3,(H,17,18). The van der Waals surface area contributed by atoms with Crippen molar-refractivity contribution >= 4 is 17.7 Å². The van der Waals surface area contributed by atoms with E-state index in [9.17, 15) is 4.79 Å². The Labute approximate surface area is 131 Å². The fraction of sp³-hybridized carbons (Fsp3) is 0.333. The van der Waals surface area contributed by atoms with Gasteiger partial charge in [0.1, 0.15) is 6.10 Å². The number of nitrogens with zero attached hydrogens (tertiary/aromatic N) is 1. The van der Waals surface area contributed by atoms with Gasteiger partial charge in [0.2, 0.25) is 0 Å². The summed E-state index contributed by atoms with van der Waals surface area (Å²) in [7, 11) is 1.55. The van der Waals surface area contributed by atoms with Crippen molar-refractivity contribution < 1.29 is 23.9 Å². The SMILES string of the molecule is COc1c(OC2CCSC2)cccc1-c1cc(C(=O)O)no1. The van der Waals surface area contributed by atoms with Crippen LogP contribution in [0.25, 0.3) is 11.3 Å². The van der Waals surface area contributed by atoms with E-state index >= 15 is 0 Å². The normalized spacial score (nSPS) is 17.4. The third-order valence-corrected chi connectivity index (χ3v) is 4.49. The van der Waals surface area contributed by atoms with E-state index in [-0.39, 0.29) is 11.8 Å². The molecule has 1 unspecified atom stereocenters. The molecule has 7 heteroatoms. The average Bonchev–Trinajstić information content (AvgIpc) is 3.18. The third kappa shape index (κ3) is 2.89. The molecule has 0 amide bonds. The van der Waals surface area contributed by atoms with Crippen molar-refractivity contribution in [1.29, 1.82) is 0 Å². The number of carbonyl (C=O) groups is 1. The third-order valence-electron chi connectivity index (χ3n) is 3.36. The second kappa shape index (κ2) is 6.31. The van der Waals surface area contributed by atoms with Crippen LogP contribution in [0.5, 0.6) is 11.5 Å². The van der Waals surface area contributed by atoms with Gasteiger partial charge in [-0.2, -0.15) is 11.8 Å². The fourth-order valence-corrected chi connectivity index (χ4v) is 3.40. The summed E-state index contributed by atoms with van der Waals surface area (Å²) in [6.45, 7) is 0. The molecule has 1 saturated heterocycles. The van der Waals surface area contributed by atoms with Gasteiger partial charge in [-0.1, -0.05) is 11.2 Å². The molecular formula is C15H15NO5S. The van der Waals surface area contributed by atoms with Gasteiger partial charge in [-0.25, -0.2) is 4.79 Å². The molecule has 0 saturated carbocycles. The second-order valence-corrected chi connectivity index (χ2v) is 5.97. The highest BCUT2D eigenvalue weighted by Crippen LogP contribution is 2.39. The first-order valence-corrected chi connectivity index (χ1v) is 7.96. The maximum atomic E-state index is 10.9. The van der Waals surface area contributed by atoms with Crippen molar-refractivity contribution in [2.45, 2.75) is 12.5 Å². The van der Waals surface area contributed by atoms with Crippen molar-refractivity contribution in [2.24, 2.45) is 0 Å². The Hall–Kier alpha value is -2.15. The van der Waals surface area contributed by atoms with Crippen LogP contribution < -0.4 is 9.47 Å². The van der Waals surface area contributed by atoms with Crippen molar-refractivity contribution in [2.75, 3.05) is 18.6 Å². The number of carboxylic acid groups (broad SMARTS) is 1. The first-order chi connectivity index (χ1) is 10.7. The van der Waals surface area contributed by atoms with Crippen LogP contribution in [-0.2, 0) is 0 Å². The van der Waals surface area contributed by atoms with Crippen LogP contribution in [-0.4, -0.2) is 41.0 Å². The molecule has 1 N–H and O–H groups in total. The summed E-state index contributed by atoms with van der Waals surface area (Å²) in [4.78, 5) is 10.9. The number of carboxylic acids is 1. The molecule has 1 atom stereocenters. The van der Waals surface area contributed by atoms with E-state index in [0.717, 1.165) is 17.9 Å². The van der Waals surface area contributed by atoms with Crippen LogP contribution in [0.4, 0.5) is 0 Å². The molecule has 0 aliphatic carbocycles. The minimum atomic E-state index is -1.13. The maximum Gasteiger partial charge on any atom is 0.358 e. The van der Waals surface area contributed by atoms with Gasteiger partial charge in [0.05, 0.1) is 12.7 Å². The summed E-state index contributed by atoms with van der Waals surface area (Å²) < 4.78 is 16.5. The van der Waals surface area contributed by atoms with Gasteiger partial charge in [-0.3, -0.25) is 0 Å². The lowest BCUT2D eigenvalue weighted by molar-refractivity contribution is 0.0686. The molecule has 0 spiro atoms. The summed E-state index contributed by atoms with van der Waals surface area (Å²) in [6, 6.07) is 6.80. The molecule has 1 aliphatic rings. The number of hydrogen-bond donors (Lipinski definition) is 1. The molecule has 2 heterocycles. The quantitative estimate of drug-likeness (QED) is 0.906. The lowest BCUT2D eigenvalue weighted by Gasteiger charge is -2.16. The van der Waals surface area contributed by atoms with E-state index in [0.29, 0.717) is 22.8 Å². The van der Waals surface area contributed by atoms with Crippen molar-refractivity contribution in [1.82, 2.24) is 5.16 Å². The van der Waals surface area contributed by atoms with E-state index in [2.05, 4.69) is 5.16 Å². The molecule has 1 fully saturated rings. The molecule has 2 aromatic rings. The van der Waals surface area contributed by atoms with Gasteiger partial charge in [0, 0.05) is 11.8 Å². The van der Waals surface area contributed by atoms with Crippen LogP contribution in [0, 0.1) is 0 Å². The summed E-state index contributed by atoms with van der Waals surface area (Å²) in [5.74, 6) is 2.40. The van der Waals surface area contributed by atoms with E-state index in [1.807, 2.05) is 23.9 Å². The molecule has 22 heavy (non-hydrogen) atoms. The second-order valence-electron chi connectivity index (χ2n) is 4.82. The summed E-state index contributed by atoms with van der Waals surface area (Å²) in [6.07, 6.45) is 1.17.